The Bertz CT molecular complexity index is 380. The highest BCUT2D eigenvalue weighted by atomic mass is 79.9. The van der Waals surface area contributed by atoms with Crippen molar-refractivity contribution in [2.45, 2.75) is 32.9 Å². The van der Waals surface area contributed by atoms with Crippen LogP contribution in [0.3, 0.4) is 0 Å². The summed E-state index contributed by atoms with van der Waals surface area (Å²) in [6, 6.07) is 7.14. The third-order valence-corrected chi connectivity index (χ3v) is 4.30. The van der Waals surface area contributed by atoms with Crippen molar-refractivity contribution in [3.8, 4) is 0 Å². The summed E-state index contributed by atoms with van der Waals surface area (Å²) in [7, 11) is 0. The van der Waals surface area contributed by atoms with Gasteiger partial charge in [0.25, 0.3) is 0 Å². The van der Waals surface area contributed by atoms with Crippen molar-refractivity contribution < 1.29 is 4.74 Å². The van der Waals surface area contributed by atoms with Gasteiger partial charge in [0.15, 0.2) is 0 Å². The monoisotopic (exact) mass is 297 g/mol. The van der Waals surface area contributed by atoms with E-state index in [1.807, 2.05) is 0 Å². The molecule has 0 saturated carbocycles. The van der Waals surface area contributed by atoms with Crippen molar-refractivity contribution in [1.29, 1.82) is 0 Å². The van der Waals surface area contributed by atoms with E-state index in [2.05, 4.69) is 53.3 Å². The quantitative estimate of drug-likeness (QED) is 0.924. The normalized spacial score (nSPS) is 24.9. The van der Waals surface area contributed by atoms with Gasteiger partial charge in [0.2, 0.25) is 0 Å². The zero-order valence-corrected chi connectivity index (χ0v) is 12.1. The number of rotatable bonds is 3. The van der Waals surface area contributed by atoms with E-state index < -0.39 is 0 Å². The first kappa shape index (κ1) is 13.1. The summed E-state index contributed by atoms with van der Waals surface area (Å²) in [6.07, 6.45) is 1.12. The standard InChI is InChI=1S/C14H20BrNO/c1-10-3-4-12(7-13(10)15)8-16-14-5-6-17-9-11(14)2/h3-4,7,11,14,16H,5-6,8-9H2,1-2H3. The van der Waals surface area contributed by atoms with Crippen LogP contribution in [0.2, 0.25) is 0 Å². The van der Waals surface area contributed by atoms with Crippen LogP contribution in [-0.2, 0) is 11.3 Å². The first-order chi connectivity index (χ1) is 8.16. The molecule has 0 aromatic heterocycles. The van der Waals surface area contributed by atoms with Gasteiger partial charge in [-0.2, -0.15) is 0 Å². The van der Waals surface area contributed by atoms with Gasteiger partial charge >= 0.3 is 0 Å². The van der Waals surface area contributed by atoms with Crippen LogP contribution in [0.1, 0.15) is 24.5 Å². The van der Waals surface area contributed by atoms with E-state index in [4.69, 9.17) is 4.74 Å². The lowest BCUT2D eigenvalue weighted by atomic mass is 9.97. The van der Waals surface area contributed by atoms with E-state index in [1.165, 1.54) is 15.6 Å². The van der Waals surface area contributed by atoms with Gasteiger partial charge in [-0.25, -0.2) is 0 Å². The van der Waals surface area contributed by atoms with Crippen molar-refractivity contribution in [2.24, 2.45) is 5.92 Å². The summed E-state index contributed by atoms with van der Waals surface area (Å²) >= 11 is 3.58. The Labute approximate surface area is 112 Å². The maximum Gasteiger partial charge on any atom is 0.0506 e. The summed E-state index contributed by atoms with van der Waals surface area (Å²) in [5, 5.41) is 3.63. The number of hydrogen-bond donors (Lipinski definition) is 1. The number of hydrogen-bond acceptors (Lipinski definition) is 2. The number of nitrogens with one attached hydrogen (secondary N) is 1. The molecule has 0 bridgehead atoms. The number of ether oxygens (including phenoxy) is 1. The van der Waals surface area contributed by atoms with Gasteiger partial charge in [-0.1, -0.05) is 35.0 Å². The van der Waals surface area contributed by atoms with Gasteiger partial charge in [-0.3, -0.25) is 0 Å². The Morgan fingerprint density at radius 3 is 3.00 bits per heavy atom. The summed E-state index contributed by atoms with van der Waals surface area (Å²) < 4.78 is 6.64. The van der Waals surface area contributed by atoms with Crippen molar-refractivity contribution >= 4 is 15.9 Å². The molecule has 2 atom stereocenters. The van der Waals surface area contributed by atoms with Crippen LogP contribution >= 0.6 is 15.9 Å². The van der Waals surface area contributed by atoms with Crippen molar-refractivity contribution in [3.63, 3.8) is 0 Å². The molecule has 0 amide bonds. The van der Waals surface area contributed by atoms with Gasteiger partial charge < -0.3 is 10.1 Å². The molecule has 1 fully saturated rings. The molecule has 0 spiro atoms. The predicted octanol–water partition coefficient (Wildman–Crippen LogP) is 3.27. The topological polar surface area (TPSA) is 21.3 Å². The van der Waals surface area contributed by atoms with Gasteiger partial charge in [-0.05, 0) is 36.5 Å². The van der Waals surface area contributed by atoms with Crippen LogP contribution in [0.5, 0.6) is 0 Å². The van der Waals surface area contributed by atoms with Gasteiger partial charge in [0.05, 0.1) is 6.61 Å². The zero-order valence-electron chi connectivity index (χ0n) is 10.5. The van der Waals surface area contributed by atoms with Crippen molar-refractivity contribution in [1.82, 2.24) is 5.32 Å². The summed E-state index contributed by atoms with van der Waals surface area (Å²) in [6.45, 7) is 7.08. The van der Waals surface area contributed by atoms with Crippen LogP contribution < -0.4 is 5.32 Å². The fraction of sp³-hybridized carbons (Fsp3) is 0.571. The lowest BCUT2D eigenvalue weighted by Crippen LogP contribution is -2.40. The second kappa shape index (κ2) is 5.98. The van der Waals surface area contributed by atoms with Crippen molar-refractivity contribution in [3.05, 3.63) is 33.8 Å². The third-order valence-electron chi connectivity index (χ3n) is 3.45. The third kappa shape index (κ3) is 3.54. The summed E-state index contributed by atoms with van der Waals surface area (Å²) in [5.74, 6) is 0.609. The highest BCUT2D eigenvalue weighted by Crippen LogP contribution is 2.19. The molecule has 2 rings (SSSR count). The lowest BCUT2D eigenvalue weighted by molar-refractivity contribution is 0.0386. The molecule has 1 aliphatic rings. The average Bonchev–Trinajstić information content (AvgIpc) is 2.32. The number of halogens is 1. The molecule has 2 unspecified atom stereocenters. The molecular formula is C14H20BrNO. The molecule has 17 heavy (non-hydrogen) atoms. The molecule has 1 N–H and O–H groups in total. The Balaban J connectivity index is 1.90. The second-order valence-electron chi connectivity index (χ2n) is 4.91. The molecule has 2 nitrogen and oxygen atoms in total. The van der Waals surface area contributed by atoms with E-state index in [0.717, 1.165) is 26.2 Å². The highest BCUT2D eigenvalue weighted by Gasteiger charge is 2.20. The lowest BCUT2D eigenvalue weighted by Gasteiger charge is -2.29. The maximum atomic E-state index is 5.45. The molecule has 0 radical (unpaired) electrons. The Morgan fingerprint density at radius 1 is 1.47 bits per heavy atom. The minimum Gasteiger partial charge on any atom is -0.381 e. The fourth-order valence-electron chi connectivity index (χ4n) is 2.18. The van der Waals surface area contributed by atoms with Crippen LogP contribution in [-0.4, -0.2) is 19.3 Å². The van der Waals surface area contributed by atoms with Gasteiger partial charge in [0, 0.05) is 23.7 Å². The Hall–Kier alpha value is -0.380. The van der Waals surface area contributed by atoms with E-state index in [1.54, 1.807) is 0 Å². The molecule has 94 valence electrons. The van der Waals surface area contributed by atoms with Crippen LogP contribution in [0, 0.1) is 12.8 Å². The van der Waals surface area contributed by atoms with Crippen molar-refractivity contribution in [2.75, 3.05) is 13.2 Å². The second-order valence-corrected chi connectivity index (χ2v) is 5.77. The highest BCUT2D eigenvalue weighted by molar-refractivity contribution is 9.10. The first-order valence-corrected chi connectivity index (χ1v) is 7.02. The van der Waals surface area contributed by atoms with E-state index in [0.29, 0.717) is 12.0 Å². The molecule has 3 heteroatoms. The summed E-state index contributed by atoms with van der Waals surface area (Å²) in [5.41, 5.74) is 2.62. The molecule has 1 aromatic carbocycles. The van der Waals surface area contributed by atoms with Gasteiger partial charge in [-0.15, -0.1) is 0 Å². The molecular weight excluding hydrogens is 278 g/mol. The number of benzene rings is 1. The summed E-state index contributed by atoms with van der Waals surface area (Å²) in [4.78, 5) is 0. The smallest absolute Gasteiger partial charge is 0.0506 e. The fourth-order valence-corrected chi connectivity index (χ4v) is 2.60. The largest absolute Gasteiger partial charge is 0.381 e. The molecule has 0 aliphatic carbocycles. The van der Waals surface area contributed by atoms with E-state index in [-0.39, 0.29) is 0 Å². The van der Waals surface area contributed by atoms with Crippen LogP contribution in [0.15, 0.2) is 22.7 Å². The minimum absolute atomic E-state index is 0.587. The van der Waals surface area contributed by atoms with E-state index >= 15 is 0 Å². The zero-order chi connectivity index (χ0) is 12.3. The van der Waals surface area contributed by atoms with Crippen LogP contribution in [0.4, 0.5) is 0 Å². The predicted molar refractivity (Wildman–Crippen MR) is 74.1 cm³/mol. The van der Waals surface area contributed by atoms with Gasteiger partial charge in [0.1, 0.15) is 0 Å². The Kier molecular flexibility index (Phi) is 4.60. The molecule has 1 aromatic rings. The van der Waals surface area contributed by atoms with Crippen LogP contribution in [0.25, 0.3) is 0 Å². The maximum absolute atomic E-state index is 5.45. The molecule has 1 heterocycles. The first-order valence-electron chi connectivity index (χ1n) is 6.23. The average molecular weight is 298 g/mol. The SMILES string of the molecule is Cc1ccc(CNC2CCOCC2C)cc1Br. The number of aryl methyl sites for hydroxylation is 1. The minimum atomic E-state index is 0.587. The molecule has 1 saturated heterocycles. The van der Waals surface area contributed by atoms with E-state index in [9.17, 15) is 0 Å². The Morgan fingerprint density at radius 2 is 2.29 bits per heavy atom. The molecule has 1 aliphatic heterocycles.